The molecule has 1 aliphatic carbocycles. The van der Waals surface area contributed by atoms with Gasteiger partial charge in [-0.3, -0.25) is 0 Å². The highest BCUT2D eigenvalue weighted by Gasteiger charge is 2.43. The van der Waals surface area contributed by atoms with Crippen molar-refractivity contribution in [1.82, 2.24) is 19.2 Å². The Morgan fingerprint density at radius 3 is 2.53 bits per heavy atom. The fourth-order valence-corrected chi connectivity index (χ4v) is 6.44. The minimum atomic E-state index is -3.88. The van der Waals surface area contributed by atoms with E-state index < -0.39 is 33.7 Å². The molecule has 0 unspecified atom stereocenters. The third kappa shape index (κ3) is 3.83. The van der Waals surface area contributed by atoms with Gasteiger partial charge in [-0.1, -0.05) is 19.4 Å². The van der Waals surface area contributed by atoms with E-state index in [2.05, 4.69) is 14.9 Å². The van der Waals surface area contributed by atoms with Gasteiger partial charge in [-0.25, -0.2) is 14.3 Å². The van der Waals surface area contributed by atoms with E-state index in [9.17, 15) is 17.6 Å². The maximum Gasteiger partial charge on any atom is 0.434 e. The molecule has 4 atom stereocenters. The van der Waals surface area contributed by atoms with Crippen LogP contribution in [0.25, 0.3) is 0 Å². The van der Waals surface area contributed by atoms with Gasteiger partial charge in [0.2, 0.25) is 5.89 Å². The summed E-state index contributed by atoms with van der Waals surface area (Å²) in [6, 6.07) is 2.00. The summed E-state index contributed by atoms with van der Waals surface area (Å²) >= 11 is 0. The minimum Gasteiger partial charge on any atom is -0.391 e. The van der Waals surface area contributed by atoms with Crippen LogP contribution in [-0.4, -0.2) is 36.0 Å². The summed E-state index contributed by atoms with van der Waals surface area (Å²) in [5.74, 6) is -1.24. The quantitative estimate of drug-likeness (QED) is 0.721. The maximum atomic E-state index is 14.7. The van der Waals surface area contributed by atoms with Gasteiger partial charge >= 0.3 is 5.76 Å². The van der Waals surface area contributed by atoms with E-state index in [1.807, 2.05) is 6.92 Å². The second-order valence-corrected chi connectivity index (χ2v) is 10.2. The first-order valence-electron chi connectivity index (χ1n) is 10.3. The fourth-order valence-electron chi connectivity index (χ4n) is 4.89. The van der Waals surface area contributed by atoms with Crippen molar-refractivity contribution in [3.63, 3.8) is 0 Å². The molecule has 1 saturated heterocycles. The van der Waals surface area contributed by atoms with Crippen LogP contribution >= 0.6 is 0 Å². The van der Waals surface area contributed by atoms with Crippen molar-refractivity contribution < 1.29 is 17.2 Å². The van der Waals surface area contributed by atoms with Crippen LogP contribution in [0.15, 0.2) is 21.3 Å². The molecule has 1 aliphatic heterocycles. The van der Waals surface area contributed by atoms with Gasteiger partial charge in [-0.15, -0.1) is 5.10 Å². The molecule has 0 spiro atoms. The van der Waals surface area contributed by atoms with Gasteiger partial charge in [0.1, 0.15) is 11.9 Å². The summed E-state index contributed by atoms with van der Waals surface area (Å²) in [6.07, 6.45) is 3.22. The second-order valence-electron chi connectivity index (χ2n) is 8.51. The van der Waals surface area contributed by atoms with E-state index >= 15 is 0 Å². The largest absolute Gasteiger partial charge is 0.434 e. The normalized spacial score (nSPS) is 24.1. The molecule has 30 heavy (non-hydrogen) atoms. The van der Waals surface area contributed by atoms with Crippen molar-refractivity contribution in [2.24, 2.45) is 11.8 Å². The lowest BCUT2D eigenvalue weighted by Gasteiger charge is -2.27. The van der Waals surface area contributed by atoms with E-state index in [1.54, 1.807) is 19.9 Å². The molecular formula is C20H27FN4O4S. The van der Waals surface area contributed by atoms with Crippen molar-refractivity contribution in [3.8, 4) is 0 Å². The molecule has 0 radical (unpaired) electrons. The number of fused-ring (bicyclic) bond motifs is 1. The fraction of sp³-hybridized carbons (Fsp3) is 0.600. The van der Waals surface area contributed by atoms with Crippen LogP contribution in [0, 0.1) is 31.5 Å². The van der Waals surface area contributed by atoms with Crippen LogP contribution in [0.5, 0.6) is 0 Å². The van der Waals surface area contributed by atoms with E-state index in [4.69, 9.17) is 4.42 Å². The molecular weight excluding hydrogens is 411 g/mol. The van der Waals surface area contributed by atoms with Crippen molar-refractivity contribution in [2.75, 3.05) is 13.1 Å². The van der Waals surface area contributed by atoms with Gasteiger partial charge in [0.05, 0.1) is 0 Å². The first-order chi connectivity index (χ1) is 14.2. The smallest absolute Gasteiger partial charge is 0.391 e. The summed E-state index contributed by atoms with van der Waals surface area (Å²) in [7, 11) is -3.88. The van der Waals surface area contributed by atoms with E-state index in [1.165, 1.54) is 10.4 Å². The Morgan fingerprint density at radius 2 is 1.93 bits per heavy atom. The SMILES string of the molecule is Cc1ccc(F)c([C@@H](C)[C@H](NS(=O)(=O)N2C[C@H]3CCC[C@H]3C2)c2n[nH]c(=O)o2)c1C. The van der Waals surface area contributed by atoms with Crippen molar-refractivity contribution in [1.29, 1.82) is 0 Å². The number of nitrogens with one attached hydrogen (secondary N) is 2. The number of halogens is 1. The lowest BCUT2D eigenvalue weighted by molar-refractivity contribution is 0.362. The molecule has 0 amide bonds. The zero-order valence-corrected chi connectivity index (χ0v) is 18.1. The Kier molecular flexibility index (Phi) is 5.58. The van der Waals surface area contributed by atoms with Crippen molar-refractivity contribution in [3.05, 3.63) is 51.1 Å². The highest BCUT2D eigenvalue weighted by atomic mass is 32.2. The Morgan fingerprint density at radius 1 is 1.27 bits per heavy atom. The van der Waals surface area contributed by atoms with Gasteiger partial charge in [0, 0.05) is 19.0 Å². The lowest BCUT2D eigenvalue weighted by Crippen LogP contribution is -2.43. The number of nitrogens with zero attached hydrogens (tertiary/aromatic N) is 2. The first-order valence-corrected chi connectivity index (χ1v) is 11.7. The summed E-state index contributed by atoms with van der Waals surface area (Å²) in [5.41, 5.74) is 1.97. The molecule has 2 heterocycles. The van der Waals surface area contributed by atoms with Crippen LogP contribution in [-0.2, 0) is 10.2 Å². The van der Waals surface area contributed by atoms with Gasteiger partial charge in [0.25, 0.3) is 10.2 Å². The predicted octanol–water partition coefficient (Wildman–Crippen LogP) is 2.53. The molecule has 8 nitrogen and oxygen atoms in total. The third-order valence-electron chi connectivity index (χ3n) is 6.72. The Hall–Kier alpha value is -2.04. The Bertz CT molecular complexity index is 1080. The molecule has 2 fully saturated rings. The summed E-state index contributed by atoms with van der Waals surface area (Å²) in [5, 5.41) is 6.01. The molecule has 2 aromatic rings. The number of hydrogen-bond donors (Lipinski definition) is 2. The number of aromatic amines is 1. The second kappa shape index (κ2) is 7.90. The first kappa shape index (κ1) is 21.2. The summed E-state index contributed by atoms with van der Waals surface area (Å²) < 4.78 is 50.3. The molecule has 10 heteroatoms. The van der Waals surface area contributed by atoms with Crippen molar-refractivity contribution in [2.45, 2.75) is 52.0 Å². The minimum absolute atomic E-state index is 0.115. The van der Waals surface area contributed by atoms with Crippen molar-refractivity contribution >= 4 is 10.2 Å². The molecule has 2 aliphatic rings. The monoisotopic (exact) mass is 438 g/mol. The average molecular weight is 439 g/mol. The molecule has 1 saturated carbocycles. The highest BCUT2D eigenvalue weighted by molar-refractivity contribution is 7.87. The highest BCUT2D eigenvalue weighted by Crippen LogP contribution is 2.40. The van der Waals surface area contributed by atoms with Crippen LogP contribution in [0.2, 0.25) is 0 Å². The third-order valence-corrected chi connectivity index (χ3v) is 8.25. The molecule has 164 valence electrons. The van der Waals surface area contributed by atoms with Gasteiger partial charge in [-0.2, -0.15) is 17.4 Å². The number of benzene rings is 1. The summed E-state index contributed by atoms with van der Waals surface area (Å²) in [6.45, 7) is 6.30. The predicted molar refractivity (Wildman–Crippen MR) is 109 cm³/mol. The molecule has 2 N–H and O–H groups in total. The summed E-state index contributed by atoms with van der Waals surface area (Å²) in [4.78, 5) is 11.5. The molecule has 1 aromatic carbocycles. The number of aryl methyl sites for hydroxylation is 1. The van der Waals surface area contributed by atoms with Crippen LogP contribution in [0.1, 0.15) is 60.7 Å². The Balaban J connectivity index is 1.68. The standard InChI is InChI=1S/C20H27FN4O4S/c1-11-7-8-16(21)17(12(11)2)13(3)18(19-22-23-20(26)29-19)24-30(27,28)25-9-14-5-4-6-15(14)10-25/h7-8,13-15,18,24H,4-6,9-10H2,1-3H3,(H,23,26)/t13-,14-,15+,18+/m1/s1. The average Bonchev–Trinajstić information content (AvgIpc) is 3.39. The zero-order valence-electron chi connectivity index (χ0n) is 17.3. The van der Waals surface area contributed by atoms with E-state index in [0.29, 0.717) is 30.5 Å². The van der Waals surface area contributed by atoms with Gasteiger partial charge < -0.3 is 4.42 Å². The lowest BCUT2D eigenvalue weighted by atomic mass is 9.88. The molecule has 1 aromatic heterocycles. The van der Waals surface area contributed by atoms with Gasteiger partial charge in [0.15, 0.2) is 0 Å². The zero-order chi connectivity index (χ0) is 21.6. The number of rotatable bonds is 6. The molecule has 4 rings (SSSR count). The van der Waals surface area contributed by atoms with E-state index in [-0.39, 0.29) is 5.89 Å². The Labute approximate surface area is 175 Å². The van der Waals surface area contributed by atoms with Crippen LogP contribution < -0.4 is 10.5 Å². The van der Waals surface area contributed by atoms with E-state index in [0.717, 1.165) is 30.4 Å². The van der Waals surface area contributed by atoms with Crippen LogP contribution in [0.4, 0.5) is 4.39 Å². The number of aromatic nitrogens is 2. The number of H-pyrrole nitrogens is 1. The topological polar surface area (TPSA) is 108 Å². The number of hydrogen-bond acceptors (Lipinski definition) is 5. The molecule has 0 bridgehead atoms. The maximum absolute atomic E-state index is 14.7. The van der Waals surface area contributed by atoms with Crippen LogP contribution in [0.3, 0.4) is 0 Å². The van der Waals surface area contributed by atoms with Gasteiger partial charge in [-0.05, 0) is 61.3 Å².